The lowest BCUT2D eigenvalue weighted by Crippen LogP contribution is -2.35. The first kappa shape index (κ1) is 10.2. The Morgan fingerprint density at radius 2 is 2.00 bits per heavy atom. The number of hydrogen-bond acceptors (Lipinski definition) is 1. The van der Waals surface area contributed by atoms with E-state index >= 15 is 0 Å². The second kappa shape index (κ2) is 3.49. The fraction of sp³-hybridized carbons (Fsp3) is 0.900. The molecule has 0 aromatic rings. The number of Topliss-reactive ketones (excluding diaryl/α,β-unsaturated/α-hetero) is 1. The molecule has 0 saturated heterocycles. The van der Waals surface area contributed by atoms with Crippen molar-refractivity contribution in [1.82, 2.24) is 0 Å². The van der Waals surface area contributed by atoms with Gasteiger partial charge in [-0.2, -0.15) is 0 Å². The highest BCUT2D eigenvalue weighted by molar-refractivity contribution is 9.10. The van der Waals surface area contributed by atoms with Crippen LogP contribution in [0.15, 0.2) is 0 Å². The molecule has 0 bridgehead atoms. The van der Waals surface area contributed by atoms with Crippen LogP contribution in [0.3, 0.4) is 0 Å². The highest BCUT2D eigenvalue weighted by atomic mass is 79.9. The van der Waals surface area contributed by atoms with E-state index in [1.807, 2.05) is 0 Å². The van der Waals surface area contributed by atoms with Crippen LogP contribution in [0.4, 0.5) is 0 Å². The van der Waals surface area contributed by atoms with E-state index in [4.69, 9.17) is 0 Å². The molecule has 0 radical (unpaired) electrons. The summed E-state index contributed by atoms with van der Waals surface area (Å²) in [5.41, 5.74) is 0. The summed E-state index contributed by atoms with van der Waals surface area (Å²) in [6, 6.07) is 0. The van der Waals surface area contributed by atoms with Crippen LogP contribution in [-0.4, -0.2) is 10.1 Å². The third kappa shape index (κ3) is 2.32. The zero-order valence-corrected chi connectivity index (χ0v) is 9.65. The maximum absolute atomic E-state index is 11.6. The van der Waals surface area contributed by atoms with Gasteiger partial charge in [0.1, 0.15) is 5.78 Å². The van der Waals surface area contributed by atoms with E-state index in [2.05, 4.69) is 36.7 Å². The van der Waals surface area contributed by atoms with Crippen LogP contribution in [-0.2, 0) is 4.79 Å². The van der Waals surface area contributed by atoms with Crippen molar-refractivity contribution in [1.29, 1.82) is 0 Å². The van der Waals surface area contributed by atoms with Crippen LogP contribution in [0.1, 0.15) is 40.0 Å². The van der Waals surface area contributed by atoms with Gasteiger partial charge in [-0.05, 0) is 32.6 Å². The zero-order chi connectivity index (χ0) is 9.35. The third-order valence-electron chi connectivity index (χ3n) is 2.72. The maximum Gasteiger partial charge on any atom is 0.137 e. The summed E-state index contributed by atoms with van der Waals surface area (Å²) in [4.78, 5) is 11.6. The molecular weight excluding hydrogens is 216 g/mol. The quantitative estimate of drug-likeness (QED) is 0.636. The third-order valence-corrected chi connectivity index (χ3v) is 3.27. The van der Waals surface area contributed by atoms with Gasteiger partial charge in [0, 0.05) is 16.7 Å². The summed E-state index contributed by atoms with van der Waals surface area (Å²) in [6.45, 7) is 6.34. The van der Waals surface area contributed by atoms with Crippen molar-refractivity contribution in [2.24, 2.45) is 11.8 Å². The molecule has 0 amide bonds. The Kier molecular flexibility index (Phi) is 2.97. The number of alkyl halides is 1. The second-order valence-electron chi connectivity index (χ2n) is 4.47. The molecular formula is C10H17BrO. The zero-order valence-electron chi connectivity index (χ0n) is 8.06. The van der Waals surface area contributed by atoms with Crippen LogP contribution in [0.5, 0.6) is 0 Å². The highest BCUT2D eigenvalue weighted by Gasteiger charge is 2.35. The van der Waals surface area contributed by atoms with Gasteiger partial charge in [0.25, 0.3) is 0 Å². The average molecular weight is 233 g/mol. The van der Waals surface area contributed by atoms with Gasteiger partial charge in [-0.15, -0.1) is 0 Å². The van der Waals surface area contributed by atoms with Gasteiger partial charge < -0.3 is 0 Å². The number of carbonyl (C=O) groups is 1. The predicted molar refractivity (Wildman–Crippen MR) is 54.5 cm³/mol. The largest absolute Gasteiger partial charge is 0.299 e. The molecule has 2 atom stereocenters. The monoisotopic (exact) mass is 232 g/mol. The Balaban J connectivity index is 2.63. The number of ketones is 1. The average Bonchev–Trinajstić information content (AvgIpc) is 1.83. The number of halogens is 1. The first-order valence-corrected chi connectivity index (χ1v) is 5.42. The SMILES string of the molecule is C[C@@H]1CC[C@@H](C(C)(C)Br)C(=O)C1. The van der Waals surface area contributed by atoms with Crippen molar-refractivity contribution < 1.29 is 4.79 Å². The molecule has 0 spiro atoms. The number of hydrogen-bond donors (Lipinski definition) is 0. The van der Waals surface area contributed by atoms with Crippen molar-refractivity contribution in [3.8, 4) is 0 Å². The minimum absolute atomic E-state index is 0.00970. The fourth-order valence-corrected chi connectivity index (χ4v) is 2.41. The molecule has 0 aromatic heterocycles. The summed E-state index contributed by atoms with van der Waals surface area (Å²) < 4.78 is -0.00970. The van der Waals surface area contributed by atoms with Crippen LogP contribution < -0.4 is 0 Å². The van der Waals surface area contributed by atoms with E-state index in [9.17, 15) is 4.79 Å². The van der Waals surface area contributed by atoms with Gasteiger partial charge in [-0.1, -0.05) is 22.9 Å². The van der Waals surface area contributed by atoms with E-state index in [0.29, 0.717) is 11.7 Å². The molecule has 0 N–H and O–H groups in total. The summed E-state index contributed by atoms with van der Waals surface area (Å²) in [5.74, 6) is 1.27. The Morgan fingerprint density at radius 1 is 1.42 bits per heavy atom. The minimum atomic E-state index is -0.00970. The number of rotatable bonds is 1. The fourth-order valence-electron chi connectivity index (χ4n) is 1.93. The van der Waals surface area contributed by atoms with E-state index in [-0.39, 0.29) is 10.2 Å². The predicted octanol–water partition coefficient (Wildman–Crippen LogP) is 3.17. The van der Waals surface area contributed by atoms with E-state index in [0.717, 1.165) is 12.8 Å². The molecule has 70 valence electrons. The van der Waals surface area contributed by atoms with Crippen molar-refractivity contribution >= 4 is 21.7 Å². The van der Waals surface area contributed by atoms with E-state index in [1.165, 1.54) is 6.42 Å². The molecule has 1 nitrogen and oxygen atoms in total. The first-order valence-electron chi connectivity index (χ1n) is 4.63. The molecule has 1 rings (SSSR count). The van der Waals surface area contributed by atoms with E-state index < -0.39 is 0 Å². The Labute approximate surface area is 83.0 Å². The molecule has 0 heterocycles. The van der Waals surface area contributed by atoms with Crippen LogP contribution in [0.2, 0.25) is 0 Å². The lowest BCUT2D eigenvalue weighted by Gasteiger charge is -2.33. The molecule has 1 aliphatic carbocycles. The van der Waals surface area contributed by atoms with Crippen LogP contribution in [0, 0.1) is 11.8 Å². The van der Waals surface area contributed by atoms with Gasteiger partial charge in [0.2, 0.25) is 0 Å². The van der Waals surface area contributed by atoms with Crippen molar-refractivity contribution in [3.05, 3.63) is 0 Å². The molecule has 0 aliphatic heterocycles. The van der Waals surface area contributed by atoms with Crippen molar-refractivity contribution in [3.63, 3.8) is 0 Å². The van der Waals surface area contributed by atoms with Gasteiger partial charge >= 0.3 is 0 Å². The summed E-state index contributed by atoms with van der Waals surface area (Å²) >= 11 is 3.58. The Morgan fingerprint density at radius 3 is 2.42 bits per heavy atom. The first-order chi connectivity index (χ1) is 5.41. The molecule has 12 heavy (non-hydrogen) atoms. The Bertz CT molecular complexity index is 181. The molecule has 0 unspecified atom stereocenters. The normalized spacial score (nSPS) is 32.2. The topological polar surface area (TPSA) is 17.1 Å². The van der Waals surface area contributed by atoms with Gasteiger partial charge in [0.05, 0.1) is 0 Å². The lowest BCUT2D eigenvalue weighted by molar-refractivity contribution is -0.126. The molecule has 0 aromatic carbocycles. The van der Waals surface area contributed by atoms with Crippen molar-refractivity contribution in [2.45, 2.75) is 44.4 Å². The maximum atomic E-state index is 11.6. The second-order valence-corrected chi connectivity index (χ2v) is 6.51. The molecule has 1 fully saturated rings. The van der Waals surface area contributed by atoms with Crippen LogP contribution in [0.25, 0.3) is 0 Å². The summed E-state index contributed by atoms with van der Waals surface area (Å²) in [6.07, 6.45) is 3.03. The van der Waals surface area contributed by atoms with Gasteiger partial charge in [-0.3, -0.25) is 4.79 Å². The molecule has 2 heteroatoms. The summed E-state index contributed by atoms with van der Waals surface area (Å²) in [5, 5.41) is 0. The van der Waals surface area contributed by atoms with Crippen LogP contribution >= 0.6 is 15.9 Å². The standard InChI is InChI=1S/C10H17BrO/c1-7-4-5-8(9(12)6-7)10(2,3)11/h7-8H,4-6H2,1-3H3/t7-,8-/m1/s1. The van der Waals surface area contributed by atoms with E-state index in [1.54, 1.807) is 0 Å². The molecule has 1 aliphatic rings. The summed E-state index contributed by atoms with van der Waals surface area (Å²) in [7, 11) is 0. The smallest absolute Gasteiger partial charge is 0.137 e. The number of carbonyl (C=O) groups excluding carboxylic acids is 1. The highest BCUT2D eigenvalue weighted by Crippen LogP contribution is 2.37. The van der Waals surface area contributed by atoms with Gasteiger partial charge in [0.15, 0.2) is 0 Å². The Hall–Kier alpha value is 0.150. The molecule has 1 saturated carbocycles. The lowest BCUT2D eigenvalue weighted by atomic mass is 9.76. The minimum Gasteiger partial charge on any atom is -0.299 e. The van der Waals surface area contributed by atoms with Gasteiger partial charge in [-0.25, -0.2) is 0 Å². The van der Waals surface area contributed by atoms with Crippen molar-refractivity contribution in [2.75, 3.05) is 0 Å².